The summed E-state index contributed by atoms with van der Waals surface area (Å²) in [6.45, 7) is 3.27. The number of benzene rings is 1. The third-order valence-electron chi connectivity index (χ3n) is 4.58. The summed E-state index contributed by atoms with van der Waals surface area (Å²) in [5, 5.41) is 3.53. The molecule has 0 atom stereocenters. The number of rotatable bonds is 6. The number of nitrogens with zero attached hydrogens (tertiary/aromatic N) is 3. The van der Waals surface area contributed by atoms with Crippen molar-refractivity contribution in [3.05, 3.63) is 59.4 Å². The van der Waals surface area contributed by atoms with Crippen molar-refractivity contribution >= 4 is 29.1 Å². The van der Waals surface area contributed by atoms with E-state index in [9.17, 15) is 9.59 Å². The SMILES string of the molecule is O=C(CCC(=O)N1CCN(c2cccc(Cl)c2)CC1)NCc1cccnc1. The molecule has 0 aliphatic carbocycles. The molecule has 1 saturated heterocycles. The second-order valence-electron chi connectivity index (χ2n) is 6.49. The highest BCUT2D eigenvalue weighted by Crippen LogP contribution is 2.21. The number of piperazine rings is 1. The fourth-order valence-corrected chi connectivity index (χ4v) is 3.24. The van der Waals surface area contributed by atoms with Crippen molar-refractivity contribution in [1.82, 2.24) is 15.2 Å². The lowest BCUT2D eigenvalue weighted by Crippen LogP contribution is -2.49. The molecule has 7 heteroatoms. The molecule has 0 unspecified atom stereocenters. The molecule has 1 aromatic heterocycles. The Morgan fingerprint density at radius 2 is 1.89 bits per heavy atom. The molecule has 1 N–H and O–H groups in total. The highest BCUT2D eigenvalue weighted by molar-refractivity contribution is 6.30. The summed E-state index contributed by atoms with van der Waals surface area (Å²) >= 11 is 6.05. The van der Waals surface area contributed by atoms with E-state index in [1.54, 1.807) is 12.4 Å². The molecule has 6 nitrogen and oxygen atoms in total. The minimum absolute atomic E-state index is 0.0253. The van der Waals surface area contributed by atoms with Crippen LogP contribution < -0.4 is 10.2 Å². The molecule has 3 rings (SSSR count). The highest BCUT2D eigenvalue weighted by atomic mass is 35.5. The van der Waals surface area contributed by atoms with Gasteiger partial charge in [-0.3, -0.25) is 14.6 Å². The van der Waals surface area contributed by atoms with Crippen LogP contribution in [0.3, 0.4) is 0 Å². The highest BCUT2D eigenvalue weighted by Gasteiger charge is 2.21. The Morgan fingerprint density at radius 1 is 1.07 bits per heavy atom. The van der Waals surface area contributed by atoms with Crippen LogP contribution in [0.25, 0.3) is 0 Å². The number of pyridine rings is 1. The second kappa shape index (κ2) is 9.37. The summed E-state index contributed by atoms with van der Waals surface area (Å²) in [7, 11) is 0. The van der Waals surface area contributed by atoms with Crippen LogP contribution in [0.15, 0.2) is 48.8 Å². The largest absolute Gasteiger partial charge is 0.368 e. The summed E-state index contributed by atoms with van der Waals surface area (Å²) in [5.41, 5.74) is 2.01. The predicted molar refractivity (Wildman–Crippen MR) is 106 cm³/mol. The minimum Gasteiger partial charge on any atom is -0.368 e. The third-order valence-corrected chi connectivity index (χ3v) is 4.82. The molecule has 1 aromatic carbocycles. The second-order valence-corrected chi connectivity index (χ2v) is 6.92. The maximum atomic E-state index is 12.4. The molecule has 2 aromatic rings. The first-order valence-corrected chi connectivity index (χ1v) is 9.43. The Bertz CT molecular complexity index is 777. The molecule has 2 heterocycles. The van der Waals surface area contributed by atoms with Gasteiger partial charge in [0.25, 0.3) is 0 Å². The Morgan fingerprint density at radius 3 is 2.59 bits per heavy atom. The van der Waals surface area contributed by atoms with Gasteiger partial charge < -0.3 is 15.1 Å². The number of nitrogens with one attached hydrogen (secondary N) is 1. The fourth-order valence-electron chi connectivity index (χ4n) is 3.06. The van der Waals surface area contributed by atoms with Crippen molar-refractivity contribution in [2.45, 2.75) is 19.4 Å². The molecular formula is C20H23ClN4O2. The van der Waals surface area contributed by atoms with Gasteiger partial charge >= 0.3 is 0 Å². The predicted octanol–water partition coefficient (Wildman–Crippen LogP) is 2.48. The van der Waals surface area contributed by atoms with Crippen molar-refractivity contribution in [3.8, 4) is 0 Å². The van der Waals surface area contributed by atoms with Crippen molar-refractivity contribution in [2.75, 3.05) is 31.1 Å². The van der Waals surface area contributed by atoms with Gasteiger partial charge in [-0.25, -0.2) is 0 Å². The molecule has 142 valence electrons. The summed E-state index contributed by atoms with van der Waals surface area (Å²) < 4.78 is 0. The van der Waals surface area contributed by atoms with Crippen LogP contribution in [0.4, 0.5) is 5.69 Å². The van der Waals surface area contributed by atoms with Crippen LogP contribution in [0.1, 0.15) is 18.4 Å². The number of halogens is 1. The van der Waals surface area contributed by atoms with Crippen LogP contribution in [-0.4, -0.2) is 47.9 Å². The van der Waals surface area contributed by atoms with Gasteiger partial charge in [-0.15, -0.1) is 0 Å². The Balaban J connectivity index is 1.38. The summed E-state index contributed by atoms with van der Waals surface area (Å²) in [4.78, 5) is 32.4. The van der Waals surface area contributed by atoms with Gasteiger partial charge in [0.2, 0.25) is 11.8 Å². The van der Waals surface area contributed by atoms with Gasteiger partial charge in [0.15, 0.2) is 0 Å². The average molecular weight is 387 g/mol. The van der Waals surface area contributed by atoms with E-state index < -0.39 is 0 Å². The van der Waals surface area contributed by atoms with Crippen molar-refractivity contribution in [1.29, 1.82) is 0 Å². The van der Waals surface area contributed by atoms with Crippen LogP contribution in [0.2, 0.25) is 5.02 Å². The Kier molecular flexibility index (Phi) is 6.65. The van der Waals surface area contributed by atoms with Crippen LogP contribution >= 0.6 is 11.6 Å². The maximum absolute atomic E-state index is 12.4. The molecule has 2 amide bonds. The average Bonchev–Trinajstić information content (AvgIpc) is 2.71. The lowest BCUT2D eigenvalue weighted by atomic mass is 10.2. The lowest BCUT2D eigenvalue weighted by Gasteiger charge is -2.36. The van der Waals surface area contributed by atoms with Crippen molar-refractivity contribution in [3.63, 3.8) is 0 Å². The molecule has 0 bridgehead atoms. The van der Waals surface area contributed by atoms with Gasteiger partial charge in [-0.1, -0.05) is 23.7 Å². The maximum Gasteiger partial charge on any atom is 0.223 e. The molecule has 1 aliphatic heterocycles. The monoisotopic (exact) mass is 386 g/mol. The first kappa shape index (κ1) is 19.2. The van der Waals surface area contributed by atoms with E-state index >= 15 is 0 Å². The van der Waals surface area contributed by atoms with Crippen LogP contribution in [0, 0.1) is 0 Å². The van der Waals surface area contributed by atoms with Crippen LogP contribution in [0.5, 0.6) is 0 Å². The quantitative estimate of drug-likeness (QED) is 0.828. The van der Waals surface area contributed by atoms with E-state index in [1.165, 1.54) is 0 Å². The normalized spacial score (nSPS) is 14.1. The number of amides is 2. The topological polar surface area (TPSA) is 65.5 Å². The van der Waals surface area contributed by atoms with E-state index in [0.717, 1.165) is 24.3 Å². The van der Waals surface area contributed by atoms with Gasteiger partial charge in [0.05, 0.1) is 0 Å². The molecule has 0 spiro atoms. The van der Waals surface area contributed by atoms with Gasteiger partial charge in [0.1, 0.15) is 0 Å². The number of carbonyl (C=O) groups excluding carboxylic acids is 2. The molecular weight excluding hydrogens is 364 g/mol. The summed E-state index contributed by atoms with van der Waals surface area (Å²) in [6, 6.07) is 11.5. The van der Waals surface area contributed by atoms with E-state index in [4.69, 9.17) is 11.6 Å². The van der Waals surface area contributed by atoms with Crippen LogP contribution in [-0.2, 0) is 16.1 Å². The number of hydrogen-bond donors (Lipinski definition) is 1. The number of aromatic nitrogens is 1. The molecule has 0 saturated carbocycles. The minimum atomic E-state index is -0.121. The number of carbonyl (C=O) groups is 2. The first-order valence-electron chi connectivity index (χ1n) is 9.06. The van der Waals surface area contributed by atoms with Crippen molar-refractivity contribution in [2.24, 2.45) is 0 Å². The summed E-state index contributed by atoms with van der Waals surface area (Å²) in [5.74, 6) is -0.0953. The zero-order valence-electron chi connectivity index (χ0n) is 15.1. The number of anilines is 1. The molecule has 1 fully saturated rings. The van der Waals surface area contributed by atoms with E-state index in [-0.39, 0.29) is 24.7 Å². The molecule has 0 radical (unpaired) electrons. The smallest absolute Gasteiger partial charge is 0.223 e. The van der Waals surface area contributed by atoms with Gasteiger partial charge in [0, 0.05) is 68.7 Å². The summed E-state index contributed by atoms with van der Waals surface area (Å²) in [6.07, 6.45) is 3.84. The van der Waals surface area contributed by atoms with Crippen molar-refractivity contribution < 1.29 is 9.59 Å². The zero-order chi connectivity index (χ0) is 19.1. The van der Waals surface area contributed by atoms with E-state index in [1.807, 2.05) is 41.3 Å². The molecule has 1 aliphatic rings. The fraction of sp³-hybridized carbons (Fsp3) is 0.350. The van der Waals surface area contributed by atoms with Gasteiger partial charge in [-0.05, 0) is 29.8 Å². The zero-order valence-corrected chi connectivity index (χ0v) is 15.9. The first-order chi connectivity index (χ1) is 13.1. The van der Waals surface area contributed by atoms with E-state index in [2.05, 4.69) is 15.2 Å². The standard InChI is InChI=1S/C20H23ClN4O2/c21-17-4-1-5-18(13-17)24-9-11-25(12-10-24)20(27)7-6-19(26)23-15-16-3-2-8-22-14-16/h1-5,8,13-14H,6-7,9-12,15H2,(H,23,26). The Hall–Kier alpha value is -2.60. The van der Waals surface area contributed by atoms with Gasteiger partial charge in [-0.2, -0.15) is 0 Å². The number of hydrogen-bond acceptors (Lipinski definition) is 4. The lowest BCUT2D eigenvalue weighted by molar-refractivity contribution is -0.133. The third kappa shape index (κ3) is 5.69. The molecule has 27 heavy (non-hydrogen) atoms. The van der Waals surface area contributed by atoms with E-state index in [0.29, 0.717) is 24.7 Å². The Labute approximate surface area is 164 Å².